The molecular formula is C13H13FN2O4S. The van der Waals surface area contributed by atoms with Crippen LogP contribution in [0.2, 0.25) is 0 Å². The molecule has 0 fully saturated rings. The minimum atomic E-state index is -4.02. The summed E-state index contributed by atoms with van der Waals surface area (Å²) in [5.74, 6) is -2.17. The third-order valence-corrected chi connectivity index (χ3v) is 4.49. The minimum Gasteiger partial charge on any atom is -0.478 e. The molecule has 0 amide bonds. The lowest BCUT2D eigenvalue weighted by Crippen LogP contribution is -2.28. The zero-order chi connectivity index (χ0) is 16.0. The van der Waals surface area contributed by atoms with Gasteiger partial charge in [-0.15, -0.1) is 0 Å². The molecule has 0 saturated carbocycles. The third-order valence-electron chi connectivity index (χ3n) is 2.60. The van der Waals surface area contributed by atoms with Crippen LogP contribution in [-0.4, -0.2) is 37.4 Å². The number of carbonyl (C=O) groups is 1. The van der Waals surface area contributed by atoms with E-state index < -0.39 is 26.7 Å². The predicted molar refractivity (Wildman–Crippen MR) is 73.1 cm³/mol. The highest BCUT2D eigenvalue weighted by Crippen LogP contribution is 2.20. The zero-order valence-corrected chi connectivity index (χ0v) is 12.0. The molecule has 0 atom stereocenters. The topological polar surface area (TPSA) is 98.5 Å². The number of aliphatic carboxylic acids is 1. The van der Waals surface area contributed by atoms with E-state index in [1.807, 2.05) is 6.07 Å². The van der Waals surface area contributed by atoms with Crippen LogP contribution >= 0.6 is 0 Å². The van der Waals surface area contributed by atoms with Crippen molar-refractivity contribution in [3.05, 3.63) is 35.7 Å². The third kappa shape index (κ3) is 4.37. The van der Waals surface area contributed by atoms with Crippen molar-refractivity contribution in [3.8, 4) is 6.07 Å². The number of hydrogen-bond donors (Lipinski definition) is 1. The van der Waals surface area contributed by atoms with Gasteiger partial charge in [0.15, 0.2) is 0 Å². The molecule has 0 heterocycles. The standard InChI is InChI=1S/C13H13FN2O4S/c1-16(8-2-7-15)21(19,20)12-5-3-10(9-11(12)14)4-6-13(17)18/h3-6,9H,2,8H2,1H3,(H,17,18)/b6-4+. The number of benzene rings is 1. The summed E-state index contributed by atoms with van der Waals surface area (Å²) in [6.45, 7) is -0.0427. The van der Waals surface area contributed by atoms with Gasteiger partial charge < -0.3 is 5.11 Å². The van der Waals surface area contributed by atoms with Crippen LogP contribution < -0.4 is 0 Å². The summed E-state index contributed by atoms with van der Waals surface area (Å²) in [6.07, 6.45) is 1.97. The number of rotatable bonds is 6. The molecule has 112 valence electrons. The number of carboxylic acid groups (broad SMARTS) is 1. The number of halogens is 1. The van der Waals surface area contributed by atoms with E-state index in [2.05, 4.69) is 0 Å². The second-order valence-corrected chi connectivity index (χ2v) is 6.11. The molecule has 6 nitrogen and oxygen atoms in total. The second-order valence-electron chi connectivity index (χ2n) is 4.10. The van der Waals surface area contributed by atoms with E-state index in [4.69, 9.17) is 10.4 Å². The fourth-order valence-corrected chi connectivity index (χ4v) is 2.71. The Hall–Kier alpha value is -2.24. The van der Waals surface area contributed by atoms with Crippen molar-refractivity contribution in [2.75, 3.05) is 13.6 Å². The molecule has 0 aliphatic rings. The summed E-state index contributed by atoms with van der Waals surface area (Å²) >= 11 is 0. The van der Waals surface area contributed by atoms with Crippen LogP contribution in [0.15, 0.2) is 29.2 Å². The fourth-order valence-electron chi connectivity index (χ4n) is 1.49. The lowest BCUT2D eigenvalue weighted by atomic mass is 10.2. The average Bonchev–Trinajstić information content (AvgIpc) is 2.42. The molecule has 0 radical (unpaired) electrons. The van der Waals surface area contributed by atoms with Crippen LogP contribution in [0.25, 0.3) is 6.08 Å². The largest absolute Gasteiger partial charge is 0.478 e. The summed E-state index contributed by atoms with van der Waals surface area (Å²) in [5, 5.41) is 16.9. The Labute approximate surface area is 121 Å². The van der Waals surface area contributed by atoms with Gasteiger partial charge in [0.2, 0.25) is 10.0 Å². The SMILES string of the molecule is CN(CCC#N)S(=O)(=O)c1ccc(/C=C/C(=O)O)cc1F. The van der Waals surface area contributed by atoms with Gasteiger partial charge in [0, 0.05) is 26.1 Å². The molecule has 8 heteroatoms. The lowest BCUT2D eigenvalue weighted by Gasteiger charge is -2.16. The molecule has 1 N–H and O–H groups in total. The van der Waals surface area contributed by atoms with Gasteiger partial charge in [0.05, 0.1) is 6.07 Å². The molecule has 0 unspecified atom stereocenters. The molecule has 1 aromatic carbocycles. The molecule has 1 rings (SSSR count). The van der Waals surface area contributed by atoms with Crippen molar-refractivity contribution < 1.29 is 22.7 Å². The monoisotopic (exact) mass is 312 g/mol. The van der Waals surface area contributed by atoms with Crippen molar-refractivity contribution in [2.24, 2.45) is 0 Å². The van der Waals surface area contributed by atoms with Crippen LogP contribution in [0, 0.1) is 17.1 Å². The summed E-state index contributed by atoms with van der Waals surface area (Å²) in [5.41, 5.74) is 0.230. The molecule has 0 aromatic heterocycles. The maximum absolute atomic E-state index is 13.9. The van der Waals surface area contributed by atoms with Crippen molar-refractivity contribution in [2.45, 2.75) is 11.3 Å². The van der Waals surface area contributed by atoms with Crippen LogP contribution in [0.4, 0.5) is 4.39 Å². The Morgan fingerprint density at radius 3 is 2.71 bits per heavy atom. The molecule has 0 spiro atoms. The van der Waals surface area contributed by atoms with Crippen LogP contribution in [0.3, 0.4) is 0 Å². The van der Waals surface area contributed by atoms with E-state index in [9.17, 15) is 17.6 Å². The summed E-state index contributed by atoms with van der Waals surface area (Å²) in [6, 6.07) is 5.11. The number of nitrogens with zero attached hydrogens (tertiary/aromatic N) is 2. The van der Waals surface area contributed by atoms with Crippen molar-refractivity contribution in [1.29, 1.82) is 5.26 Å². The first-order valence-electron chi connectivity index (χ1n) is 5.83. The van der Waals surface area contributed by atoms with Crippen molar-refractivity contribution in [3.63, 3.8) is 0 Å². The van der Waals surface area contributed by atoms with Crippen LogP contribution in [0.1, 0.15) is 12.0 Å². The van der Waals surface area contributed by atoms with Crippen molar-refractivity contribution in [1.82, 2.24) is 4.31 Å². The minimum absolute atomic E-state index is 0.00319. The molecule has 0 aliphatic carbocycles. The van der Waals surface area contributed by atoms with Crippen LogP contribution in [-0.2, 0) is 14.8 Å². The van der Waals surface area contributed by atoms with Crippen LogP contribution in [0.5, 0.6) is 0 Å². The summed E-state index contributed by atoms with van der Waals surface area (Å²) in [4.78, 5) is 9.85. The van der Waals surface area contributed by atoms with E-state index in [1.165, 1.54) is 13.1 Å². The first-order valence-corrected chi connectivity index (χ1v) is 7.27. The van der Waals surface area contributed by atoms with Gasteiger partial charge in [-0.3, -0.25) is 0 Å². The highest BCUT2D eigenvalue weighted by Gasteiger charge is 2.24. The normalized spacial score (nSPS) is 11.7. The van der Waals surface area contributed by atoms with E-state index in [0.717, 1.165) is 28.6 Å². The Bertz CT molecular complexity index is 707. The second kappa shape index (κ2) is 6.97. The zero-order valence-electron chi connectivity index (χ0n) is 11.2. The van der Waals surface area contributed by atoms with Gasteiger partial charge >= 0.3 is 5.97 Å². The number of sulfonamides is 1. The Morgan fingerprint density at radius 1 is 1.52 bits per heavy atom. The van der Waals surface area contributed by atoms with Gasteiger partial charge in [0.25, 0.3) is 0 Å². The fraction of sp³-hybridized carbons (Fsp3) is 0.231. The lowest BCUT2D eigenvalue weighted by molar-refractivity contribution is -0.131. The Morgan fingerprint density at radius 2 is 2.19 bits per heavy atom. The molecule has 0 bridgehead atoms. The van der Waals surface area contributed by atoms with Gasteiger partial charge in [-0.2, -0.15) is 9.57 Å². The summed E-state index contributed by atoms with van der Waals surface area (Å²) in [7, 11) is -2.77. The first-order chi connectivity index (χ1) is 9.78. The van der Waals surface area contributed by atoms with Crippen molar-refractivity contribution >= 4 is 22.1 Å². The van der Waals surface area contributed by atoms with E-state index in [-0.39, 0.29) is 18.5 Å². The average molecular weight is 312 g/mol. The van der Waals surface area contributed by atoms with Gasteiger partial charge in [0.1, 0.15) is 10.7 Å². The molecule has 1 aromatic rings. The molecule has 0 saturated heterocycles. The Kier molecular flexibility index (Phi) is 5.58. The predicted octanol–water partition coefficient (Wildman–Crippen LogP) is 1.46. The van der Waals surface area contributed by atoms with Gasteiger partial charge in [-0.05, 0) is 23.8 Å². The van der Waals surface area contributed by atoms with Gasteiger partial charge in [-0.25, -0.2) is 17.6 Å². The first kappa shape index (κ1) is 16.8. The highest BCUT2D eigenvalue weighted by molar-refractivity contribution is 7.89. The number of nitriles is 1. The Balaban J connectivity index is 3.10. The highest BCUT2D eigenvalue weighted by atomic mass is 32.2. The van der Waals surface area contributed by atoms with E-state index in [1.54, 1.807) is 0 Å². The molecule has 21 heavy (non-hydrogen) atoms. The molecular weight excluding hydrogens is 299 g/mol. The number of carboxylic acids is 1. The van der Waals surface area contributed by atoms with E-state index in [0.29, 0.717) is 0 Å². The van der Waals surface area contributed by atoms with Gasteiger partial charge in [-0.1, -0.05) is 6.07 Å². The van der Waals surface area contributed by atoms with E-state index >= 15 is 0 Å². The summed E-state index contributed by atoms with van der Waals surface area (Å²) < 4.78 is 39.0. The maximum atomic E-state index is 13.9. The smallest absolute Gasteiger partial charge is 0.328 e. The maximum Gasteiger partial charge on any atom is 0.328 e. The quantitative estimate of drug-likeness (QED) is 0.802. The number of hydrogen-bond acceptors (Lipinski definition) is 4. The molecule has 0 aliphatic heterocycles.